The van der Waals surface area contributed by atoms with Crippen molar-refractivity contribution < 1.29 is 9.59 Å². The van der Waals surface area contributed by atoms with Crippen LogP contribution in [0, 0.1) is 6.92 Å². The SMILES string of the molecule is CCC[C@@H]1N(C(=O)c2scnc2C)CC[C@]12C(=O)Nc1ccccc12. The number of aromatic nitrogens is 1. The number of likely N-dealkylation sites (tertiary alicyclic amines) is 1. The molecule has 1 aromatic heterocycles. The van der Waals surface area contributed by atoms with Gasteiger partial charge in [0.15, 0.2) is 0 Å². The van der Waals surface area contributed by atoms with Gasteiger partial charge in [0.1, 0.15) is 4.88 Å². The van der Waals surface area contributed by atoms with E-state index < -0.39 is 5.41 Å². The van der Waals surface area contributed by atoms with Crippen LogP contribution in [0.4, 0.5) is 5.69 Å². The average molecular weight is 355 g/mol. The summed E-state index contributed by atoms with van der Waals surface area (Å²) in [6.45, 7) is 4.57. The number of rotatable bonds is 3. The maximum absolute atomic E-state index is 13.1. The molecule has 1 N–H and O–H groups in total. The highest BCUT2D eigenvalue weighted by Crippen LogP contribution is 2.49. The lowest BCUT2D eigenvalue weighted by molar-refractivity contribution is -0.121. The van der Waals surface area contributed by atoms with E-state index >= 15 is 0 Å². The fraction of sp³-hybridized carbons (Fsp3) is 0.421. The zero-order valence-corrected chi connectivity index (χ0v) is 15.2. The number of amides is 2. The molecule has 0 saturated carbocycles. The third kappa shape index (κ3) is 2.24. The molecule has 2 atom stereocenters. The number of hydrogen-bond acceptors (Lipinski definition) is 4. The highest BCUT2D eigenvalue weighted by molar-refractivity contribution is 7.11. The van der Waals surface area contributed by atoms with Crippen LogP contribution in [0.5, 0.6) is 0 Å². The van der Waals surface area contributed by atoms with Gasteiger partial charge in [-0.05, 0) is 31.4 Å². The third-order valence-electron chi connectivity index (χ3n) is 5.52. The zero-order chi connectivity index (χ0) is 17.6. The topological polar surface area (TPSA) is 62.3 Å². The molecule has 0 aliphatic carbocycles. The lowest BCUT2D eigenvalue weighted by Crippen LogP contribution is -2.48. The van der Waals surface area contributed by atoms with Crippen LogP contribution >= 0.6 is 11.3 Å². The highest BCUT2D eigenvalue weighted by Gasteiger charge is 2.58. The lowest BCUT2D eigenvalue weighted by Gasteiger charge is -2.33. The third-order valence-corrected chi connectivity index (χ3v) is 6.43. The molecule has 2 aliphatic heterocycles. The van der Waals surface area contributed by atoms with Crippen LogP contribution in [0.15, 0.2) is 29.8 Å². The predicted octanol–water partition coefficient (Wildman–Crippen LogP) is 3.36. The summed E-state index contributed by atoms with van der Waals surface area (Å²) >= 11 is 1.38. The van der Waals surface area contributed by atoms with Crippen molar-refractivity contribution in [1.82, 2.24) is 9.88 Å². The normalized spacial score (nSPS) is 24.6. The van der Waals surface area contributed by atoms with E-state index in [1.54, 1.807) is 5.51 Å². The molecule has 1 fully saturated rings. The van der Waals surface area contributed by atoms with Crippen LogP contribution in [0.1, 0.15) is 47.1 Å². The average Bonchev–Trinajstić information content (AvgIpc) is 3.27. The Bertz CT molecular complexity index is 847. The van der Waals surface area contributed by atoms with Crippen molar-refractivity contribution in [2.75, 3.05) is 11.9 Å². The number of anilines is 1. The molecule has 1 aromatic carbocycles. The maximum Gasteiger partial charge on any atom is 0.266 e. The van der Waals surface area contributed by atoms with Gasteiger partial charge in [-0.3, -0.25) is 9.59 Å². The summed E-state index contributed by atoms with van der Waals surface area (Å²) in [4.78, 5) is 32.9. The van der Waals surface area contributed by atoms with Crippen molar-refractivity contribution >= 4 is 28.8 Å². The molecule has 2 aromatic rings. The van der Waals surface area contributed by atoms with Crippen LogP contribution in [-0.2, 0) is 10.2 Å². The molecule has 2 amide bonds. The van der Waals surface area contributed by atoms with Crippen molar-refractivity contribution in [3.05, 3.63) is 45.9 Å². The van der Waals surface area contributed by atoms with E-state index in [2.05, 4.69) is 17.2 Å². The molecule has 6 heteroatoms. The number of carbonyl (C=O) groups is 2. The van der Waals surface area contributed by atoms with Crippen molar-refractivity contribution in [1.29, 1.82) is 0 Å². The second kappa shape index (κ2) is 5.95. The van der Waals surface area contributed by atoms with Crippen LogP contribution < -0.4 is 5.32 Å². The first-order valence-corrected chi connectivity index (χ1v) is 9.59. The number of nitrogens with zero attached hydrogens (tertiary/aromatic N) is 2. The van der Waals surface area contributed by atoms with Gasteiger partial charge < -0.3 is 10.2 Å². The Kier molecular flexibility index (Phi) is 3.87. The highest BCUT2D eigenvalue weighted by atomic mass is 32.1. The van der Waals surface area contributed by atoms with Gasteiger partial charge in [0.05, 0.1) is 22.7 Å². The summed E-state index contributed by atoms with van der Waals surface area (Å²) in [5, 5.41) is 3.04. The standard InChI is InChI=1S/C19H21N3O2S/c1-3-6-15-19(13-7-4-5-8-14(13)21-18(19)24)9-10-22(15)17(23)16-12(2)20-11-25-16/h4-5,7-8,11,15H,3,6,9-10H2,1-2H3,(H,21,24)/t15-,19+/m0/s1. The van der Waals surface area contributed by atoms with Crippen molar-refractivity contribution in [2.24, 2.45) is 0 Å². The van der Waals surface area contributed by atoms with Crippen molar-refractivity contribution in [3.8, 4) is 0 Å². The Balaban J connectivity index is 1.78. The molecular weight excluding hydrogens is 334 g/mol. The zero-order valence-electron chi connectivity index (χ0n) is 14.4. The van der Waals surface area contributed by atoms with E-state index in [1.807, 2.05) is 36.1 Å². The summed E-state index contributed by atoms with van der Waals surface area (Å²) in [6.07, 6.45) is 2.41. The number of nitrogens with one attached hydrogen (secondary N) is 1. The second-order valence-corrected chi connectivity index (χ2v) is 7.65. The molecule has 3 heterocycles. The first kappa shape index (κ1) is 16.3. The number of carbonyl (C=O) groups excluding carboxylic acids is 2. The lowest BCUT2D eigenvalue weighted by atomic mass is 9.73. The fourth-order valence-corrected chi connectivity index (χ4v) is 5.12. The van der Waals surface area contributed by atoms with E-state index in [9.17, 15) is 9.59 Å². The molecule has 0 bridgehead atoms. The van der Waals surface area contributed by atoms with Gasteiger partial charge in [0, 0.05) is 12.2 Å². The van der Waals surface area contributed by atoms with Gasteiger partial charge in [-0.25, -0.2) is 4.98 Å². The number of hydrogen-bond donors (Lipinski definition) is 1. The fourth-order valence-electron chi connectivity index (χ4n) is 4.36. The minimum atomic E-state index is -0.624. The minimum absolute atomic E-state index is 0.00695. The molecule has 130 valence electrons. The van der Waals surface area contributed by atoms with Crippen LogP contribution in [0.3, 0.4) is 0 Å². The molecule has 2 aliphatic rings. The van der Waals surface area contributed by atoms with Crippen molar-refractivity contribution in [3.63, 3.8) is 0 Å². The molecular formula is C19H21N3O2S. The van der Waals surface area contributed by atoms with Crippen LogP contribution in [-0.4, -0.2) is 34.3 Å². The molecule has 0 radical (unpaired) electrons. The van der Waals surface area contributed by atoms with Gasteiger partial charge >= 0.3 is 0 Å². The first-order valence-electron chi connectivity index (χ1n) is 8.71. The molecule has 4 rings (SSSR count). The summed E-state index contributed by atoms with van der Waals surface area (Å²) in [6, 6.07) is 7.77. The number of thiazole rings is 1. The largest absolute Gasteiger partial charge is 0.333 e. The number of aryl methyl sites for hydroxylation is 1. The van der Waals surface area contributed by atoms with E-state index in [1.165, 1.54) is 11.3 Å². The summed E-state index contributed by atoms with van der Waals surface area (Å²) in [7, 11) is 0. The molecule has 0 unspecified atom stereocenters. The molecule has 25 heavy (non-hydrogen) atoms. The number of para-hydroxylation sites is 1. The second-order valence-electron chi connectivity index (χ2n) is 6.79. The van der Waals surface area contributed by atoms with E-state index in [0.717, 1.165) is 29.8 Å². The monoisotopic (exact) mass is 355 g/mol. The summed E-state index contributed by atoms with van der Waals surface area (Å²) in [5.41, 5.74) is 3.77. The quantitative estimate of drug-likeness (QED) is 0.918. The van der Waals surface area contributed by atoms with Crippen molar-refractivity contribution in [2.45, 2.75) is 44.6 Å². The first-order chi connectivity index (χ1) is 12.1. The minimum Gasteiger partial charge on any atom is -0.333 e. The van der Waals surface area contributed by atoms with Gasteiger partial charge in [0.2, 0.25) is 5.91 Å². The Morgan fingerprint density at radius 2 is 2.24 bits per heavy atom. The van der Waals surface area contributed by atoms with E-state index in [0.29, 0.717) is 17.8 Å². The summed E-state index contributed by atoms with van der Waals surface area (Å²) in [5.74, 6) is 0.0379. The Labute approximate surface area is 151 Å². The molecule has 5 nitrogen and oxygen atoms in total. The van der Waals surface area contributed by atoms with Gasteiger partial charge in [-0.1, -0.05) is 31.5 Å². The van der Waals surface area contributed by atoms with Gasteiger partial charge in [0.25, 0.3) is 5.91 Å². The molecule has 1 spiro atoms. The van der Waals surface area contributed by atoms with Crippen LogP contribution in [0.25, 0.3) is 0 Å². The van der Waals surface area contributed by atoms with E-state index in [4.69, 9.17) is 0 Å². The van der Waals surface area contributed by atoms with Crippen LogP contribution in [0.2, 0.25) is 0 Å². The smallest absolute Gasteiger partial charge is 0.266 e. The Morgan fingerprint density at radius 3 is 2.96 bits per heavy atom. The maximum atomic E-state index is 13.1. The Hall–Kier alpha value is -2.21. The van der Waals surface area contributed by atoms with E-state index in [-0.39, 0.29) is 17.9 Å². The van der Waals surface area contributed by atoms with Gasteiger partial charge in [-0.2, -0.15) is 0 Å². The predicted molar refractivity (Wildman–Crippen MR) is 98.0 cm³/mol. The number of benzene rings is 1. The summed E-state index contributed by atoms with van der Waals surface area (Å²) < 4.78 is 0. The molecule has 1 saturated heterocycles. The number of fused-ring (bicyclic) bond motifs is 2. The van der Waals surface area contributed by atoms with Gasteiger partial charge in [-0.15, -0.1) is 11.3 Å². The Morgan fingerprint density at radius 1 is 1.44 bits per heavy atom.